The van der Waals surface area contributed by atoms with Crippen LogP contribution < -0.4 is 10.1 Å². The van der Waals surface area contributed by atoms with Crippen molar-refractivity contribution in [2.24, 2.45) is 5.92 Å². The van der Waals surface area contributed by atoms with Gasteiger partial charge in [-0.15, -0.1) is 0 Å². The maximum absolute atomic E-state index is 11.9. The number of aromatic hydroxyl groups is 1. The van der Waals surface area contributed by atoms with E-state index in [4.69, 9.17) is 4.74 Å². The molecule has 0 fully saturated rings. The number of carbonyl (C=O) groups is 1. The van der Waals surface area contributed by atoms with Crippen molar-refractivity contribution in [3.63, 3.8) is 0 Å². The van der Waals surface area contributed by atoms with Gasteiger partial charge in [-0.2, -0.15) is 0 Å². The number of ketones is 1. The highest BCUT2D eigenvalue weighted by atomic mass is 16.5. The average molecular weight is 377 g/mol. The van der Waals surface area contributed by atoms with E-state index in [-0.39, 0.29) is 23.5 Å². The van der Waals surface area contributed by atoms with Crippen molar-refractivity contribution in [3.05, 3.63) is 59.7 Å². The standard InChI is InChI=1S/C24H27NO3/c1-16-20-11-10-18(26)13-21(20)24-22(25-16)14-19(15-23(24)27)28-12-6-5-9-17-7-3-2-4-8-17/h2-4,7-8,13-16,20,25,27H,5-6,9-12H2,1H3/t16-,20?/m0/s1. The summed E-state index contributed by atoms with van der Waals surface area (Å²) in [6, 6.07) is 14.3. The maximum Gasteiger partial charge on any atom is 0.156 e. The van der Waals surface area contributed by atoms with E-state index in [1.165, 1.54) is 5.56 Å². The molecule has 0 amide bonds. The molecule has 4 nitrogen and oxygen atoms in total. The van der Waals surface area contributed by atoms with Crippen LogP contribution in [0.15, 0.2) is 48.5 Å². The lowest BCUT2D eigenvalue weighted by atomic mass is 9.76. The minimum absolute atomic E-state index is 0.143. The van der Waals surface area contributed by atoms with Crippen LogP contribution in [0.25, 0.3) is 5.57 Å². The fourth-order valence-electron chi connectivity index (χ4n) is 4.30. The predicted molar refractivity (Wildman–Crippen MR) is 112 cm³/mol. The van der Waals surface area contributed by atoms with E-state index in [1.807, 2.05) is 12.1 Å². The molecule has 0 bridgehead atoms. The Kier molecular flexibility index (Phi) is 5.38. The van der Waals surface area contributed by atoms with Crippen molar-refractivity contribution >= 4 is 17.0 Å². The van der Waals surface area contributed by atoms with Gasteiger partial charge in [0, 0.05) is 41.8 Å². The first-order valence-corrected chi connectivity index (χ1v) is 10.2. The van der Waals surface area contributed by atoms with Crippen LogP contribution in [-0.2, 0) is 11.2 Å². The van der Waals surface area contributed by atoms with Crippen LogP contribution in [0.4, 0.5) is 5.69 Å². The first-order valence-electron chi connectivity index (χ1n) is 10.2. The number of rotatable bonds is 6. The smallest absolute Gasteiger partial charge is 0.156 e. The lowest BCUT2D eigenvalue weighted by molar-refractivity contribution is -0.115. The van der Waals surface area contributed by atoms with E-state index < -0.39 is 0 Å². The van der Waals surface area contributed by atoms with Gasteiger partial charge in [0.05, 0.1) is 6.61 Å². The molecule has 0 radical (unpaired) electrons. The largest absolute Gasteiger partial charge is 0.507 e. The Morgan fingerprint density at radius 1 is 1.18 bits per heavy atom. The molecular weight excluding hydrogens is 350 g/mol. The molecular formula is C24H27NO3. The highest BCUT2D eigenvalue weighted by Crippen LogP contribution is 2.47. The number of phenolic OH excluding ortho intramolecular Hbond substituents is 1. The normalized spacial score (nSPS) is 20.6. The van der Waals surface area contributed by atoms with E-state index >= 15 is 0 Å². The summed E-state index contributed by atoms with van der Waals surface area (Å²) in [5.41, 5.74) is 3.91. The molecule has 1 aliphatic carbocycles. The SMILES string of the molecule is C[C@@H]1Nc2cc(OCCCCc3ccccc3)cc(O)c2C2=CC(=O)CCC21. The number of allylic oxidation sites excluding steroid dienone is 1. The molecule has 4 rings (SSSR count). The van der Waals surface area contributed by atoms with Crippen molar-refractivity contribution in [2.45, 2.75) is 45.1 Å². The summed E-state index contributed by atoms with van der Waals surface area (Å²) in [7, 11) is 0. The van der Waals surface area contributed by atoms with Crippen LogP contribution >= 0.6 is 0 Å². The van der Waals surface area contributed by atoms with E-state index in [1.54, 1.807) is 12.1 Å². The molecule has 2 N–H and O–H groups in total. The van der Waals surface area contributed by atoms with E-state index in [0.29, 0.717) is 18.8 Å². The van der Waals surface area contributed by atoms with Gasteiger partial charge in [0.1, 0.15) is 11.5 Å². The molecule has 2 aromatic carbocycles. The van der Waals surface area contributed by atoms with Crippen molar-refractivity contribution in [3.8, 4) is 11.5 Å². The van der Waals surface area contributed by atoms with Crippen LogP contribution in [0, 0.1) is 5.92 Å². The molecule has 28 heavy (non-hydrogen) atoms. The van der Waals surface area contributed by atoms with Gasteiger partial charge >= 0.3 is 0 Å². The monoisotopic (exact) mass is 377 g/mol. The molecule has 2 atom stereocenters. The Hall–Kier alpha value is -2.75. The van der Waals surface area contributed by atoms with Crippen molar-refractivity contribution < 1.29 is 14.6 Å². The Morgan fingerprint density at radius 2 is 2.00 bits per heavy atom. The summed E-state index contributed by atoms with van der Waals surface area (Å²) in [5.74, 6) is 1.25. The average Bonchev–Trinajstić information content (AvgIpc) is 2.68. The van der Waals surface area contributed by atoms with Crippen LogP contribution in [0.3, 0.4) is 0 Å². The lowest BCUT2D eigenvalue weighted by Crippen LogP contribution is -2.34. The number of nitrogens with one attached hydrogen (secondary N) is 1. The van der Waals surface area contributed by atoms with E-state index in [2.05, 4.69) is 36.5 Å². The van der Waals surface area contributed by atoms with E-state index in [9.17, 15) is 9.90 Å². The Balaban J connectivity index is 1.41. The second kappa shape index (κ2) is 8.09. The van der Waals surface area contributed by atoms with Crippen molar-refractivity contribution in [1.29, 1.82) is 0 Å². The summed E-state index contributed by atoms with van der Waals surface area (Å²) >= 11 is 0. The number of hydrogen-bond donors (Lipinski definition) is 2. The second-order valence-corrected chi connectivity index (χ2v) is 7.80. The fourth-order valence-corrected chi connectivity index (χ4v) is 4.30. The summed E-state index contributed by atoms with van der Waals surface area (Å²) in [4.78, 5) is 11.9. The molecule has 0 spiro atoms. The molecule has 4 heteroatoms. The molecule has 1 aliphatic heterocycles. The zero-order valence-electron chi connectivity index (χ0n) is 16.3. The second-order valence-electron chi connectivity index (χ2n) is 7.80. The molecule has 1 unspecified atom stereocenters. The molecule has 1 heterocycles. The number of ether oxygens (including phenoxy) is 1. The van der Waals surface area contributed by atoms with Gasteiger partial charge in [0.15, 0.2) is 5.78 Å². The summed E-state index contributed by atoms with van der Waals surface area (Å²) in [5, 5.41) is 14.1. The molecule has 0 saturated heterocycles. The van der Waals surface area contributed by atoms with Gasteiger partial charge in [-0.05, 0) is 49.8 Å². The van der Waals surface area contributed by atoms with Crippen LogP contribution in [0.2, 0.25) is 0 Å². The number of hydrogen-bond acceptors (Lipinski definition) is 4. The van der Waals surface area contributed by atoms with Gasteiger partial charge in [-0.1, -0.05) is 30.3 Å². The Bertz CT molecular complexity index is 888. The molecule has 0 saturated carbocycles. The zero-order valence-corrected chi connectivity index (χ0v) is 16.3. The minimum atomic E-state index is 0.143. The van der Waals surface area contributed by atoms with Gasteiger partial charge in [-0.25, -0.2) is 0 Å². The van der Waals surface area contributed by atoms with Crippen LogP contribution in [0.5, 0.6) is 11.5 Å². The topological polar surface area (TPSA) is 58.6 Å². The third-order valence-electron chi connectivity index (χ3n) is 5.76. The fraction of sp³-hybridized carbons (Fsp3) is 0.375. The minimum Gasteiger partial charge on any atom is -0.507 e. The third-order valence-corrected chi connectivity index (χ3v) is 5.76. The summed E-state index contributed by atoms with van der Waals surface area (Å²) in [6.07, 6.45) is 6.19. The molecule has 0 aromatic heterocycles. The highest BCUT2D eigenvalue weighted by molar-refractivity contribution is 6.02. The quantitative estimate of drug-likeness (QED) is 0.698. The number of phenols is 1. The van der Waals surface area contributed by atoms with Gasteiger partial charge in [-0.3, -0.25) is 4.79 Å². The number of anilines is 1. The number of benzene rings is 2. The number of carbonyl (C=O) groups excluding carboxylic acids is 1. The highest BCUT2D eigenvalue weighted by Gasteiger charge is 2.34. The lowest BCUT2D eigenvalue weighted by Gasteiger charge is -2.37. The van der Waals surface area contributed by atoms with Crippen LogP contribution in [-0.4, -0.2) is 23.5 Å². The third kappa shape index (κ3) is 3.91. The molecule has 2 aliphatic rings. The van der Waals surface area contributed by atoms with E-state index in [0.717, 1.165) is 42.5 Å². The number of fused-ring (bicyclic) bond motifs is 3. The van der Waals surface area contributed by atoms with Gasteiger partial charge in [0.25, 0.3) is 0 Å². The van der Waals surface area contributed by atoms with Crippen molar-refractivity contribution in [1.82, 2.24) is 0 Å². The Labute approximate surface area is 166 Å². The predicted octanol–water partition coefficient (Wildman–Crippen LogP) is 4.97. The maximum atomic E-state index is 11.9. The zero-order chi connectivity index (χ0) is 19.5. The van der Waals surface area contributed by atoms with Crippen LogP contribution in [0.1, 0.15) is 43.7 Å². The van der Waals surface area contributed by atoms with Gasteiger partial charge in [0.2, 0.25) is 0 Å². The summed E-state index contributed by atoms with van der Waals surface area (Å²) in [6.45, 7) is 2.75. The Morgan fingerprint density at radius 3 is 2.82 bits per heavy atom. The summed E-state index contributed by atoms with van der Waals surface area (Å²) < 4.78 is 5.90. The molecule has 2 aromatic rings. The first kappa shape index (κ1) is 18.6. The van der Waals surface area contributed by atoms with Crippen molar-refractivity contribution in [2.75, 3.05) is 11.9 Å². The van der Waals surface area contributed by atoms with Gasteiger partial charge < -0.3 is 15.2 Å². The first-order chi connectivity index (χ1) is 13.6. The number of aryl methyl sites for hydroxylation is 1. The molecule has 146 valence electrons. The number of unbranched alkanes of at least 4 members (excludes halogenated alkanes) is 1.